The summed E-state index contributed by atoms with van der Waals surface area (Å²) in [4.78, 5) is 25.5. The van der Waals surface area contributed by atoms with Crippen molar-refractivity contribution in [2.75, 3.05) is 18.5 Å². The Hall–Kier alpha value is -3.53. The molecule has 3 aromatic rings. The number of carbonyl (C=O) groups is 1. The molecule has 1 aromatic carbocycles. The molecule has 1 fully saturated rings. The van der Waals surface area contributed by atoms with Crippen LogP contribution in [0, 0.1) is 0 Å². The van der Waals surface area contributed by atoms with Crippen molar-refractivity contribution in [2.45, 2.75) is 25.1 Å². The van der Waals surface area contributed by atoms with E-state index in [1.54, 1.807) is 18.5 Å². The molecule has 3 heterocycles. The molecule has 2 aromatic heterocycles. The Kier molecular flexibility index (Phi) is 6.31. The SMILES string of the molecule is O=C(Nc1ccc(OC(F)(F)F)cc1)c1cnc(C2CCOCC2)c(-c2cncnc2)c1. The lowest BCUT2D eigenvalue weighted by molar-refractivity contribution is -0.274. The Morgan fingerprint density at radius 1 is 1.06 bits per heavy atom. The highest BCUT2D eigenvalue weighted by atomic mass is 19.4. The molecule has 0 unspecified atom stereocenters. The van der Waals surface area contributed by atoms with Gasteiger partial charge in [0.1, 0.15) is 12.1 Å². The quantitative estimate of drug-likeness (QED) is 0.620. The molecule has 0 aliphatic carbocycles. The van der Waals surface area contributed by atoms with Crippen LogP contribution in [0.3, 0.4) is 0 Å². The van der Waals surface area contributed by atoms with Crippen LogP contribution in [-0.2, 0) is 4.74 Å². The number of aromatic nitrogens is 3. The zero-order chi connectivity index (χ0) is 22.6. The highest BCUT2D eigenvalue weighted by Gasteiger charge is 2.31. The second-order valence-electron chi connectivity index (χ2n) is 7.20. The molecular formula is C22H19F3N4O3. The number of hydrogen-bond acceptors (Lipinski definition) is 6. The topological polar surface area (TPSA) is 86.2 Å². The van der Waals surface area contributed by atoms with Crippen LogP contribution in [0.1, 0.15) is 34.8 Å². The van der Waals surface area contributed by atoms with Crippen LogP contribution in [0.5, 0.6) is 5.75 Å². The number of nitrogens with zero attached hydrogens (tertiary/aromatic N) is 3. The van der Waals surface area contributed by atoms with Crippen molar-refractivity contribution in [3.63, 3.8) is 0 Å². The van der Waals surface area contributed by atoms with Gasteiger partial charge in [0, 0.05) is 54.5 Å². The predicted molar refractivity (Wildman–Crippen MR) is 109 cm³/mol. The smallest absolute Gasteiger partial charge is 0.406 e. The molecule has 7 nitrogen and oxygen atoms in total. The van der Waals surface area contributed by atoms with E-state index in [0.29, 0.717) is 24.5 Å². The minimum absolute atomic E-state index is 0.192. The molecule has 0 radical (unpaired) electrons. The van der Waals surface area contributed by atoms with E-state index in [-0.39, 0.29) is 11.7 Å². The highest BCUT2D eigenvalue weighted by molar-refractivity contribution is 6.04. The summed E-state index contributed by atoms with van der Waals surface area (Å²) in [6.07, 6.45) is 3.11. The summed E-state index contributed by atoms with van der Waals surface area (Å²) in [6.45, 7) is 1.29. The van der Waals surface area contributed by atoms with Crippen molar-refractivity contribution in [1.29, 1.82) is 0 Å². The summed E-state index contributed by atoms with van der Waals surface area (Å²) in [6, 6.07) is 6.64. The number of hydrogen-bond donors (Lipinski definition) is 1. The number of rotatable bonds is 5. The van der Waals surface area contributed by atoms with Crippen molar-refractivity contribution >= 4 is 11.6 Å². The minimum Gasteiger partial charge on any atom is -0.406 e. The third kappa shape index (κ3) is 5.38. The number of carbonyl (C=O) groups excluding carboxylic acids is 1. The van der Waals surface area contributed by atoms with Crippen molar-refractivity contribution in [3.05, 3.63) is 66.5 Å². The largest absolute Gasteiger partial charge is 0.573 e. The summed E-state index contributed by atoms with van der Waals surface area (Å²) in [5.74, 6) is -0.625. The number of ether oxygens (including phenoxy) is 2. The van der Waals surface area contributed by atoms with Gasteiger partial charge in [0.15, 0.2) is 0 Å². The Morgan fingerprint density at radius 3 is 2.41 bits per heavy atom. The maximum Gasteiger partial charge on any atom is 0.573 e. The lowest BCUT2D eigenvalue weighted by Gasteiger charge is -2.24. The van der Waals surface area contributed by atoms with Crippen LogP contribution in [0.25, 0.3) is 11.1 Å². The molecular weight excluding hydrogens is 425 g/mol. The first kappa shape index (κ1) is 21.7. The molecule has 1 aliphatic heterocycles. The van der Waals surface area contributed by atoms with E-state index in [4.69, 9.17) is 4.74 Å². The second kappa shape index (κ2) is 9.31. The fraction of sp³-hybridized carbons (Fsp3) is 0.273. The van der Waals surface area contributed by atoms with Crippen LogP contribution >= 0.6 is 0 Å². The van der Waals surface area contributed by atoms with Crippen molar-refractivity contribution in [1.82, 2.24) is 15.0 Å². The Labute approximate surface area is 181 Å². The summed E-state index contributed by atoms with van der Waals surface area (Å²) in [5, 5.41) is 2.66. The Balaban J connectivity index is 1.57. The molecule has 0 atom stereocenters. The molecule has 0 saturated carbocycles. The number of anilines is 1. The molecule has 1 N–H and O–H groups in total. The van der Waals surface area contributed by atoms with E-state index in [2.05, 4.69) is 25.0 Å². The maximum absolute atomic E-state index is 12.8. The van der Waals surface area contributed by atoms with E-state index < -0.39 is 12.3 Å². The lowest BCUT2D eigenvalue weighted by Crippen LogP contribution is -2.18. The number of alkyl halides is 3. The number of pyridine rings is 1. The monoisotopic (exact) mass is 444 g/mol. The third-order valence-electron chi connectivity index (χ3n) is 5.01. The van der Waals surface area contributed by atoms with Gasteiger partial charge in [-0.05, 0) is 43.2 Å². The van der Waals surface area contributed by atoms with Gasteiger partial charge in [-0.1, -0.05) is 0 Å². The van der Waals surface area contributed by atoms with E-state index in [1.807, 2.05) is 0 Å². The average molecular weight is 444 g/mol. The highest BCUT2D eigenvalue weighted by Crippen LogP contribution is 2.33. The number of amides is 1. The summed E-state index contributed by atoms with van der Waals surface area (Å²) in [5.41, 5.74) is 2.98. The standard InChI is InChI=1S/C22H19F3N4O3/c23-22(24,25)32-18-3-1-17(2-4-18)29-21(30)15-9-19(16-10-26-13-27-11-16)20(28-12-15)14-5-7-31-8-6-14/h1-4,9-14H,5-8H2,(H,29,30). The van der Waals surface area contributed by atoms with Gasteiger partial charge in [-0.2, -0.15) is 0 Å². The van der Waals surface area contributed by atoms with Gasteiger partial charge >= 0.3 is 6.36 Å². The molecule has 4 rings (SSSR count). The van der Waals surface area contributed by atoms with E-state index in [0.717, 1.165) is 41.8 Å². The Morgan fingerprint density at radius 2 is 1.75 bits per heavy atom. The maximum atomic E-state index is 12.8. The van der Waals surface area contributed by atoms with Crippen molar-refractivity contribution in [3.8, 4) is 16.9 Å². The first-order chi connectivity index (χ1) is 15.4. The van der Waals surface area contributed by atoms with E-state index in [9.17, 15) is 18.0 Å². The number of nitrogens with one attached hydrogen (secondary N) is 1. The van der Waals surface area contributed by atoms with Gasteiger partial charge in [0.2, 0.25) is 0 Å². The molecule has 1 saturated heterocycles. The van der Waals surface area contributed by atoms with Crippen molar-refractivity contribution in [2.24, 2.45) is 0 Å². The predicted octanol–water partition coefficient (Wildman–Crippen LogP) is 4.58. The zero-order valence-electron chi connectivity index (χ0n) is 16.8. The lowest BCUT2D eigenvalue weighted by atomic mass is 9.90. The third-order valence-corrected chi connectivity index (χ3v) is 5.01. The van der Waals surface area contributed by atoms with Crippen molar-refractivity contribution < 1.29 is 27.4 Å². The van der Waals surface area contributed by atoms with E-state index in [1.165, 1.54) is 24.7 Å². The van der Waals surface area contributed by atoms with Gasteiger partial charge < -0.3 is 14.8 Å². The van der Waals surface area contributed by atoms with Crippen LogP contribution in [0.4, 0.5) is 18.9 Å². The van der Waals surface area contributed by atoms with Gasteiger partial charge in [0.05, 0.1) is 11.3 Å². The molecule has 0 bridgehead atoms. The van der Waals surface area contributed by atoms with Gasteiger partial charge in [-0.25, -0.2) is 9.97 Å². The number of benzene rings is 1. The molecule has 166 valence electrons. The van der Waals surface area contributed by atoms with Crippen LogP contribution in [-0.4, -0.2) is 40.4 Å². The van der Waals surface area contributed by atoms with E-state index >= 15 is 0 Å². The summed E-state index contributed by atoms with van der Waals surface area (Å²) in [7, 11) is 0. The molecule has 1 amide bonds. The fourth-order valence-electron chi connectivity index (χ4n) is 3.51. The number of halogens is 3. The molecule has 32 heavy (non-hydrogen) atoms. The fourth-order valence-corrected chi connectivity index (χ4v) is 3.51. The summed E-state index contributed by atoms with van der Waals surface area (Å²) < 4.78 is 46.2. The van der Waals surface area contributed by atoms with Gasteiger partial charge in [0.25, 0.3) is 5.91 Å². The van der Waals surface area contributed by atoms with Crippen LogP contribution < -0.4 is 10.1 Å². The summed E-state index contributed by atoms with van der Waals surface area (Å²) >= 11 is 0. The molecule has 0 spiro atoms. The van der Waals surface area contributed by atoms with Gasteiger partial charge in [-0.15, -0.1) is 13.2 Å². The first-order valence-electron chi connectivity index (χ1n) is 9.89. The van der Waals surface area contributed by atoms with Crippen LogP contribution in [0.2, 0.25) is 0 Å². The normalized spacial score (nSPS) is 14.7. The first-order valence-corrected chi connectivity index (χ1v) is 9.89. The van der Waals surface area contributed by atoms with Crippen LogP contribution in [0.15, 0.2) is 55.2 Å². The molecule has 1 aliphatic rings. The average Bonchev–Trinajstić information content (AvgIpc) is 2.80. The second-order valence-corrected chi connectivity index (χ2v) is 7.20. The zero-order valence-corrected chi connectivity index (χ0v) is 16.8. The Bertz CT molecular complexity index is 1070. The minimum atomic E-state index is -4.78. The molecule has 10 heteroatoms. The van der Waals surface area contributed by atoms with Gasteiger partial charge in [-0.3, -0.25) is 9.78 Å².